The average Bonchev–Trinajstić information content (AvgIpc) is 3.13. The summed E-state index contributed by atoms with van der Waals surface area (Å²) < 4.78 is 0. The maximum atomic E-state index is 4.49. The van der Waals surface area contributed by atoms with Gasteiger partial charge in [-0.2, -0.15) is 0 Å². The van der Waals surface area contributed by atoms with Crippen molar-refractivity contribution in [1.82, 2.24) is 15.0 Å². The number of fused-ring (bicyclic) bond motifs is 1. The predicted molar refractivity (Wildman–Crippen MR) is 112 cm³/mol. The molecule has 2 aromatic heterocycles. The van der Waals surface area contributed by atoms with E-state index in [9.17, 15) is 0 Å². The van der Waals surface area contributed by atoms with Gasteiger partial charge in [-0.25, -0.2) is 9.97 Å². The molecule has 1 atom stereocenters. The molecule has 0 fully saturated rings. The van der Waals surface area contributed by atoms with E-state index in [1.54, 1.807) is 6.33 Å². The van der Waals surface area contributed by atoms with Gasteiger partial charge in [0.15, 0.2) is 0 Å². The smallest absolute Gasteiger partial charge is 0.132 e. The zero-order valence-corrected chi connectivity index (χ0v) is 15.6. The third-order valence-electron chi connectivity index (χ3n) is 4.92. The summed E-state index contributed by atoms with van der Waals surface area (Å²) in [5.41, 5.74) is 5.37. The number of likely N-dealkylation sites (N-methyl/N-ethyl adjacent to an activating group) is 1. The monoisotopic (exact) mass is 354 g/mol. The Hall–Kier alpha value is -3.40. The second-order valence-electron chi connectivity index (χ2n) is 6.71. The summed E-state index contributed by atoms with van der Waals surface area (Å²) in [4.78, 5) is 14.2. The molecule has 0 radical (unpaired) electrons. The van der Waals surface area contributed by atoms with Gasteiger partial charge in [0.25, 0.3) is 0 Å². The fourth-order valence-electron chi connectivity index (χ4n) is 3.54. The second-order valence-corrected chi connectivity index (χ2v) is 6.71. The standard InChI is InChI=1S/C23H22N4/c1-16-13-22(26-15-25-16)27(3)23(18-9-5-4-6-10-18)17(2)20-14-24-21-12-8-7-11-19(20)21/h4-15,23-24H,2H2,1,3H3. The van der Waals surface area contributed by atoms with Crippen molar-refractivity contribution in [3.63, 3.8) is 0 Å². The molecule has 134 valence electrons. The number of hydrogen-bond acceptors (Lipinski definition) is 3. The fourth-order valence-corrected chi connectivity index (χ4v) is 3.54. The summed E-state index contributed by atoms with van der Waals surface area (Å²) in [5.74, 6) is 0.873. The van der Waals surface area contributed by atoms with Crippen LogP contribution in [0.2, 0.25) is 0 Å². The number of rotatable bonds is 5. The molecule has 2 heterocycles. The molecule has 27 heavy (non-hydrogen) atoms. The van der Waals surface area contributed by atoms with E-state index in [0.717, 1.165) is 28.2 Å². The van der Waals surface area contributed by atoms with Gasteiger partial charge >= 0.3 is 0 Å². The van der Waals surface area contributed by atoms with E-state index in [0.29, 0.717) is 0 Å². The molecule has 0 spiro atoms. The number of anilines is 1. The summed E-state index contributed by atoms with van der Waals surface area (Å²) in [6.45, 7) is 6.47. The van der Waals surface area contributed by atoms with Crippen LogP contribution in [0.4, 0.5) is 5.82 Å². The largest absolute Gasteiger partial charge is 0.361 e. The van der Waals surface area contributed by atoms with Crippen LogP contribution >= 0.6 is 0 Å². The van der Waals surface area contributed by atoms with Crippen molar-refractivity contribution in [3.05, 3.63) is 96.6 Å². The molecule has 4 rings (SSSR count). The van der Waals surface area contributed by atoms with Crippen LogP contribution in [0.3, 0.4) is 0 Å². The molecule has 0 aliphatic heterocycles. The van der Waals surface area contributed by atoms with Gasteiger partial charge in [-0.05, 0) is 24.1 Å². The van der Waals surface area contributed by atoms with E-state index in [4.69, 9.17) is 0 Å². The molecule has 1 N–H and O–H groups in total. The van der Waals surface area contributed by atoms with Crippen LogP contribution in [0.15, 0.2) is 79.8 Å². The Morgan fingerprint density at radius 1 is 1.04 bits per heavy atom. The molecule has 0 saturated carbocycles. The molecule has 4 aromatic rings. The van der Waals surface area contributed by atoms with Crippen molar-refractivity contribution in [1.29, 1.82) is 0 Å². The van der Waals surface area contributed by atoms with E-state index in [1.165, 1.54) is 10.9 Å². The molecule has 4 nitrogen and oxygen atoms in total. The molecule has 0 aliphatic rings. The Morgan fingerprint density at radius 3 is 2.56 bits per heavy atom. The van der Waals surface area contributed by atoms with Crippen molar-refractivity contribution < 1.29 is 0 Å². The topological polar surface area (TPSA) is 44.8 Å². The van der Waals surface area contributed by atoms with Crippen molar-refractivity contribution in [3.8, 4) is 0 Å². The lowest BCUT2D eigenvalue weighted by Gasteiger charge is -2.31. The highest BCUT2D eigenvalue weighted by Gasteiger charge is 2.24. The number of para-hydroxylation sites is 1. The Balaban J connectivity index is 1.82. The van der Waals surface area contributed by atoms with Gasteiger partial charge in [0.2, 0.25) is 0 Å². The third kappa shape index (κ3) is 3.22. The number of aryl methyl sites for hydroxylation is 1. The van der Waals surface area contributed by atoms with Gasteiger partial charge in [-0.15, -0.1) is 0 Å². The first-order valence-electron chi connectivity index (χ1n) is 8.97. The van der Waals surface area contributed by atoms with E-state index >= 15 is 0 Å². The van der Waals surface area contributed by atoms with E-state index < -0.39 is 0 Å². The minimum atomic E-state index is -0.0419. The summed E-state index contributed by atoms with van der Waals surface area (Å²) in [5, 5.41) is 1.18. The normalized spacial score (nSPS) is 12.1. The zero-order valence-electron chi connectivity index (χ0n) is 15.6. The predicted octanol–water partition coefficient (Wildman–Crippen LogP) is 5.16. The molecule has 2 aromatic carbocycles. The quantitative estimate of drug-likeness (QED) is 0.538. The van der Waals surface area contributed by atoms with Crippen molar-refractivity contribution in [2.75, 3.05) is 11.9 Å². The number of H-pyrrole nitrogens is 1. The first-order valence-corrected chi connectivity index (χ1v) is 8.97. The molecule has 4 heteroatoms. The van der Waals surface area contributed by atoms with Crippen molar-refractivity contribution in [2.24, 2.45) is 0 Å². The minimum Gasteiger partial charge on any atom is -0.361 e. The molecule has 0 bridgehead atoms. The maximum Gasteiger partial charge on any atom is 0.132 e. The van der Waals surface area contributed by atoms with Gasteiger partial charge in [0.1, 0.15) is 12.1 Å². The molecule has 0 amide bonds. The molecule has 0 aliphatic carbocycles. The van der Waals surface area contributed by atoms with Crippen molar-refractivity contribution in [2.45, 2.75) is 13.0 Å². The number of benzene rings is 2. The average molecular weight is 354 g/mol. The lowest BCUT2D eigenvalue weighted by atomic mass is 9.92. The van der Waals surface area contributed by atoms with Gasteiger partial charge < -0.3 is 9.88 Å². The van der Waals surface area contributed by atoms with Crippen LogP contribution in [0.5, 0.6) is 0 Å². The number of aromatic amines is 1. The van der Waals surface area contributed by atoms with E-state index in [2.05, 4.69) is 75.9 Å². The first-order chi connectivity index (χ1) is 13.1. The van der Waals surface area contributed by atoms with Crippen LogP contribution in [0.25, 0.3) is 16.5 Å². The molecular formula is C23H22N4. The zero-order chi connectivity index (χ0) is 18.8. The van der Waals surface area contributed by atoms with Gasteiger partial charge in [-0.3, -0.25) is 0 Å². The maximum absolute atomic E-state index is 4.49. The SMILES string of the molecule is C=C(c1c[nH]c2ccccc12)C(c1ccccc1)N(C)c1cc(C)ncn1. The second kappa shape index (κ2) is 7.08. The van der Waals surface area contributed by atoms with Crippen LogP contribution in [-0.2, 0) is 0 Å². The summed E-state index contributed by atoms with van der Waals surface area (Å²) >= 11 is 0. The van der Waals surface area contributed by atoms with Crippen LogP contribution in [0.1, 0.15) is 22.9 Å². The number of hydrogen-bond donors (Lipinski definition) is 1. The summed E-state index contributed by atoms with van der Waals surface area (Å²) in [7, 11) is 2.06. The Bertz CT molecular complexity index is 1080. The molecular weight excluding hydrogens is 332 g/mol. The summed E-state index contributed by atoms with van der Waals surface area (Å²) in [6, 6.07) is 20.7. The van der Waals surface area contributed by atoms with Gasteiger partial charge in [0, 0.05) is 41.5 Å². The Morgan fingerprint density at radius 2 is 1.78 bits per heavy atom. The van der Waals surface area contributed by atoms with E-state index in [1.807, 2.05) is 31.3 Å². The highest BCUT2D eigenvalue weighted by atomic mass is 15.2. The van der Waals surface area contributed by atoms with Gasteiger partial charge in [-0.1, -0.05) is 55.1 Å². The molecule has 1 unspecified atom stereocenters. The van der Waals surface area contributed by atoms with Gasteiger partial charge in [0.05, 0.1) is 6.04 Å². The number of nitrogens with zero attached hydrogens (tertiary/aromatic N) is 3. The summed E-state index contributed by atoms with van der Waals surface area (Å²) in [6.07, 6.45) is 3.65. The third-order valence-corrected chi connectivity index (χ3v) is 4.92. The van der Waals surface area contributed by atoms with Crippen LogP contribution in [-0.4, -0.2) is 22.0 Å². The highest BCUT2D eigenvalue weighted by Crippen LogP contribution is 2.38. The van der Waals surface area contributed by atoms with E-state index in [-0.39, 0.29) is 6.04 Å². The number of nitrogens with one attached hydrogen (secondary N) is 1. The Kier molecular flexibility index (Phi) is 4.47. The molecule has 0 saturated heterocycles. The number of aromatic nitrogens is 3. The lowest BCUT2D eigenvalue weighted by Crippen LogP contribution is -2.26. The highest BCUT2D eigenvalue weighted by molar-refractivity contribution is 5.94. The minimum absolute atomic E-state index is 0.0419. The van der Waals surface area contributed by atoms with Crippen LogP contribution in [0, 0.1) is 6.92 Å². The van der Waals surface area contributed by atoms with Crippen molar-refractivity contribution >= 4 is 22.3 Å². The lowest BCUT2D eigenvalue weighted by molar-refractivity contribution is 0.807. The fraction of sp³-hybridized carbons (Fsp3) is 0.130. The Labute approximate surface area is 159 Å². The first kappa shape index (κ1) is 17.0. The van der Waals surface area contributed by atoms with Crippen LogP contribution < -0.4 is 4.90 Å².